The molecule has 0 rings (SSSR count). The van der Waals surface area contributed by atoms with Crippen LogP contribution in [0, 0.1) is 0 Å². The highest BCUT2D eigenvalue weighted by Crippen LogP contribution is 2.44. The minimum absolute atomic E-state index is 0.161. The number of unbranched alkanes of at least 4 members (excludes halogenated alkanes) is 12. The van der Waals surface area contributed by atoms with Crippen LogP contribution in [-0.2, 0) is 55.9 Å². The largest absolute Gasteiger partial charge is 0.472 e. The smallest absolute Gasteiger partial charge is 0.460 e. The second-order valence-corrected chi connectivity index (χ2v) is 18.5. The monoisotopic (exact) mass is 931 g/mol. The molecular formula is C41H80N4O15P2. The second kappa shape index (κ2) is 36.7. The second-order valence-electron chi connectivity index (χ2n) is 15.6. The predicted octanol–water partition coefficient (Wildman–Crippen LogP) is 7.27. The van der Waals surface area contributed by atoms with Gasteiger partial charge < -0.3 is 40.5 Å². The first kappa shape index (κ1) is 59.4. The van der Waals surface area contributed by atoms with E-state index in [1.165, 1.54) is 79.1 Å². The Kier molecular flexibility index (Phi) is 35.1. The molecule has 0 aliphatic carbocycles. The lowest BCUT2D eigenvalue weighted by Gasteiger charge is -2.23. The Labute approximate surface area is 370 Å². The number of carbonyl (C=O) groups is 5. The topological polar surface area (TPSA) is 263 Å². The van der Waals surface area contributed by atoms with Gasteiger partial charge in [0.05, 0.1) is 26.4 Å². The molecule has 0 radical (unpaired) electrons. The molecule has 19 nitrogen and oxygen atoms in total. The van der Waals surface area contributed by atoms with Crippen LogP contribution < -0.4 is 21.3 Å². The molecule has 0 saturated carbocycles. The minimum atomic E-state index is -4.62. The lowest BCUT2D eigenvalue weighted by atomic mass is 10.0. The van der Waals surface area contributed by atoms with Gasteiger partial charge in [0.25, 0.3) is 0 Å². The van der Waals surface area contributed by atoms with Crippen molar-refractivity contribution in [3.63, 3.8) is 0 Å². The molecule has 0 fully saturated rings. The van der Waals surface area contributed by atoms with Gasteiger partial charge in [-0.2, -0.15) is 0 Å². The Bertz CT molecular complexity index is 1250. The molecule has 364 valence electrons. The van der Waals surface area contributed by atoms with Crippen molar-refractivity contribution in [1.82, 2.24) is 21.3 Å². The number of hydrogen-bond acceptors (Lipinski definition) is 13. The normalized spacial score (nSPS) is 15.2. The number of phosphoric acid groups is 2. The van der Waals surface area contributed by atoms with E-state index in [0.29, 0.717) is 12.8 Å². The molecule has 0 heterocycles. The van der Waals surface area contributed by atoms with Crippen molar-refractivity contribution in [2.45, 2.75) is 194 Å². The van der Waals surface area contributed by atoms with E-state index in [1.807, 2.05) is 0 Å². The van der Waals surface area contributed by atoms with Crippen LogP contribution in [0.3, 0.4) is 0 Å². The van der Waals surface area contributed by atoms with Crippen LogP contribution >= 0.6 is 15.6 Å². The Morgan fingerprint density at radius 3 is 1.15 bits per heavy atom. The first-order valence-electron chi connectivity index (χ1n) is 22.5. The maximum atomic E-state index is 12.5. The molecule has 0 saturated heterocycles. The van der Waals surface area contributed by atoms with Crippen molar-refractivity contribution < 1.29 is 70.5 Å². The van der Waals surface area contributed by atoms with Crippen LogP contribution in [-0.4, -0.2) is 103 Å². The number of urea groups is 1. The number of nitrogens with one attached hydrogen (secondary N) is 4. The van der Waals surface area contributed by atoms with Crippen molar-refractivity contribution in [3.05, 3.63) is 0 Å². The highest BCUT2D eigenvalue weighted by Gasteiger charge is 2.27. The van der Waals surface area contributed by atoms with E-state index in [0.717, 1.165) is 51.4 Å². The third kappa shape index (κ3) is 37.9. The number of rotatable bonds is 40. The Morgan fingerprint density at radius 1 is 0.484 bits per heavy atom. The third-order valence-corrected chi connectivity index (χ3v) is 11.6. The highest BCUT2D eigenvalue weighted by molar-refractivity contribution is 7.47. The lowest BCUT2D eigenvalue weighted by Crippen LogP contribution is -2.38. The fraction of sp³-hybridized carbons (Fsp3) is 0.878. The Morgan fingerprint density at radius 2 is 0.823 bits per heavy atom. The fourth-order valence-electron chi connectivity index (χ4n) is 6.59. The van der Waals surface area contributed by atoms with Crippen LogP contribution in [0.2, 0.25) is 0 Å². The zero-order chi connectivity index (χ0) is 46.7. The Hall–Kier alpha value is -2.63. The molecule has 6 unspecified atom stereocenters. The molecule has 62 heavy (non-hydrogen) atoms. The molecule has 21 heteroatoms. The van der Waals surface area contributed by atoms with Gasteiger partial charge in [0.1, 0.15) is 12.2 Å². The van der Waals surface area contributed by atoms with Crippen LogP contribution in [0.15, 0.2) is 0 Å². The van der Waals surface area contributed by atoms with Crippen molar-refractivity contribution in [3.8, 4) is 0 Å². The van der Waals surface area contributed by atoms with E-state index in [4.69, 9.17) is 27.6 Å². The molecule has 0 aromatic rings. The average Bonchev–Trinajstić information content (AvgIpc) is 3.18. The molecule has 0 aromatic carbocycles. The first-order valence-corrected chi connectivity index (χ1v) is 25.5. The highest BCUT2D eigenvalue weighted by atomic mass is 31.2. The van der Waals surface area contributed by atoms with Crippen molar-refractivity contribution in [1.29, 1.82) is 0 Å². The third-order valence-electron chi connectivity index (χ3n) is 9.60. The molecule has 0 aliphatic rings. The summed E-state index contributed by atoms with van der Waals surface area (Å²) in [6, 6.07) is -1.06. The summed E-state index contributed by atoms with van der Waals surface area (Å²) in [5.74, 6) is -1.57. The quantitative estimate of drug-likeness (QED) is 0.0201. The molecule has 0 aliphatic heterocycles. The maximum absolute atomic E-state index is 12.5. The average molecular weight is 931 g/mol. The first-order chi connectivity index (χ1) is 29.4. The number of amides is 4. The molecule has 0 aromatic heterocycles. The van der Waals surface area contributed by atoms with Gasteiger partial charge in [-0.3, -0.25) is 37.3 Å². The fourth-order valence-corrected chi connectivity index (χ4v) is 8.09. The number of esters is 2. The summed E-state index contributed by atoms with van der Waals surface area (Å²) in [5, 5.41) is 10.6. The van der Waals surface area contributed by atoms with E-state index in [2.05, 4.69) is 35.1 Å². The van der Waals surface area contributed by atoms with Gasteiger partial charge in [-0.05, 0) is 38.5 Å². The van der Waals surface area contributed by atoms with Gasteiger partial charge in [-0.15, -0.1) is 0 Å². The molecular weight excluding hydrogens is 850 g/mol. The van der Waals surface area contributed by atoms with Gasteiger partial charge >= 0.3 is 33.6 Å². The van der Waals surface area contributed by atoms with Gasteiger partial charge in [-0.1, -0.05) is 104 Å². The SMILES string of the molecule is CCCCCCCCCC(CCC(COP(=O)(O)OCCNC(=O)NCCOP(=O)(O)OCC(CCC(CCCCCCCCC)NC(C)=O)OC(C)=O)OC(C)=O)NC(C)=O. The van der Waals surface area contributed by atoms with Gasteiger partial charge in [0.15, 0.2) is 0 Å². The predicted molar refractivity (Wildman–Crippen MR) is 235 cm³/mol. The summed E-state index contributed by atoms with van der Waals surface area (Å²) in [6.07, 6.45) is 16.9. The van der Waals surface area contributed by atoms with E-state index in [1.54, 1.807) is 0 Å². The van der Waals surface area contributed by atoms with Crippen molar-refractivity contribution in [2.24, 2.45) is 0 Å². The molecule has 6 N–H and O–H groups in total. The van der Waals surface area contributed by atoms with Gasteiger partial charge in [0.2, 0.25) is 11.8 Å². The zero-order valence-electron chi connectivity index (χ0n) is 38.3. The molecule has 0 bridgehead atoms. The Balaban J connectivity index is 4.66. The van der Waals surface area contributed by atoms with Crippen LogP contribution in [0.4, 0.5) is 4.79 Å². The summed E-state index contributed by atoms with van der Waals surface area (Å²) >= 11 is 0. The van der Waals surface area contributed by atoms with E-state index >= 15 is 0 Å². The van der Waals surface area contributed by atoms with E-state index in [-0.39, 0.29) is 49.8 Å². The van der Waals surface area contributed by atoms with Crippen molar-refractivity contribution >= 4 is 45.4 Å². The summed E-state index contributed by atoms with van der Waals surface area (Å²) in [7, 11) is -9.23. The number of carbonyl (C=O) groups excluding carboxylic acids is 5. The summed E-state index contributed by atoms with van der Waals surface area (Å²) in [5.41, 5.74) is 0. The van der Waals surface area contributed by atoms with E-state index in [9.17, 15) is 42.9 Å². The summed E-state index contributed by atoms with van der Waals surface area (Å²) < 4.78 is 55.6. The van der Waals surface area contributed by atoms with Crippen molar-refractivity contribution in [2.75, 3.05) is 39.5 Å². The van der Waals surface area contributed by atoms with Crippen LogP contribution in [0.25, 0.3) is 0 Å². The van der Waals surface area contributed by atoms with Crippen LogP contribution in [0.1, 0.15) is 170 Å². The number of hydrogen-bond donors (Lipinski definition) is 6. The molecule has 0 spiro atoms. The molecule has 4 amide bonds. The standard InChI is InChI=1S/C41H80N4O15P2/c1-7-9-11-13-15-17-19-21-37(44-33(3)46)23-25-39(59-35(5)48)31-57-61(51,52)55-29-27-42-41(50)43-28-30-56-62(53,54)58-32-40(60-36(6)49)26-24-38(45-34(4)47)22-20-18-16-14-12-10-8-2/h37-40H,7-32H2,1-6H3,(H,44,46)(H,45,47)(H,51,52)(H,53,54)(H2,42,43,50). The molecule has 6 atom stereocenters. The summed E-state index contributed by atoms with van der Waals surface area (Å²) in [4.78, 5) is 79.5. The minimum Gasteiger partial charge on any atom is -0.460 e. The van der Waals surface area contributed by atoms with Gasteiger partial charge in [0, 0.05) is 52.9 Å². The van der Waals surface area contributed by atoms with Crippen LogP contribution in [0.5, 0.6) is 0 Å². The number of ether oxygens (including phenoxy) is 2. The maximum Gasteiger partial charge on any atom is 0.472 e. The lowest BCUT2D eigenvalue weighted by molar-refractivity contribution is -0.149. The summed E-state index contributed by atoms with van der Waals surface area (Å²) in [6.45, 7) is 7.47. The van der Waals surface area contributed by atoms with Gasteiger partial charge in [-0.25, -0.2) is 13.9 Å². The zero-order valence-corrected chi connectivity index (χ0v) is 40.1. The number of phosphoric ester groups is 2. The van der Waals surface area contributed by atoms with E-state index < -0.39 is 72.3 Å².